The summed E-state index contributed by atoms with van der Waals surface area (Å²) in [7, 11) is 0. The molecule has 0 aliphatic heterocycles. The zero-order valence-corrected chi connectivity index (χ0v) is 16.3. The molecule has 0 aliphatic carbocycles. The Morgan fingerprint density at radius 3 is 2.23 bits per heavy atom. The van der Waals surface area contributed by atoms with Gasteiger partial charge >= 0.3 is 18.3 Å². The Morgan fingerprint density at radius 2 is 1.70 bits per heavy atom. The molecule has 11 heteroatoms. The molecule has 2 aromatic rings. The van der Waals surface area contributed by atoms with Gasteiger partial charge in [-0.15, -0.1) is 0 Å². The van der Waals surface area contributed by atoms with Crippen LogP contribution in [0.3, 0.4) is 0 Å². The van der Waals surface area contributed by atoms with Crippen molar-refractivity contribution < 1.29 is 41.0 Å². The van der Waals surface area contributed by atoms with E-state index < -0.39 is 41.4 Å². The van der Waals surface area contributed by atoms with Crippen LogP contribution in [-0.4, -0.2) is 23.2 Å². The molecule has 0 saturated carbocycles. The molecule has 0 saturated heterocycles. The van der Waals surface area contributed by atoms with Crippen molar-refractivity contribution in [2.45, 2.75) is 18.4 Å². The van der Waals surface area contributed by atoms with Gasteiger partial charge < -0.3 is 10.4 Å². The predicted molar refractivity (Wildman–Crippen MR) is 98.5 cm³/mol. The average molecular weight is 496 g/mol. The molecule has 1 amide bonds. The van der Waals surface area contributed by atoms with E-state index >= 15 is 0 Å². The number of amides is 1. The molecule has 0 radical (unpaired) electrons. The van der Waals surface area contributed by atoms with E-state index in [-0.39, 0.29) is 10.0 Å². The van der Waals surface area contributed by atoms with Crippen molar-refractivity contribution >= 4 is 33.9 Å². The molecular formula is C19H12BrF6NO3. The number of benzene rings is 2. The molecule has 2 N–H and O–H groups in total. The van der Waals surface area contributed by atoms with Gasteiger partial charge in [0.2, 0.25) is 5.91 Å². The van der Waals surface area contributed by atoms with Crippen LogP contribution in [0.5, 0.6) is 0 Å². The predicted octanol–water partition coefficient (Wildman–Crippen LogP) is 5.60. The van der Waals surface area contributed by atoms with Crippen LogP contribution in [0, 0.1) is 0 Å². The van der Waals surface area contributed by atoms with E-state index in [1.54, 1.807) is 5.32 Å². The zero-order chi connectivity index (χ0) is 22.7. The van der Waals surface area contributed by atoms with Gasteiger partial charge in [0, 0.05) is 10.5 Å². The first-order valence-corrected chi connectivity index (χ1v) is 8.83. The Hall–Kier alpha value is -2.82. The Labute approximate surface area is 174 Å². The lowest BCUT2D eigenvalue weighted by molar-refractivity contribution is -0.162. The Kier molecular flexibility index (Phi) is 6.96. The number of carboxylic acid groups (broad SMARTS) is 1. The van der Waals surface area contributed by atoms with Crippen molar-refractivity contribution in [3.8, 4) is 0 Å². The average Bonchev–Trinajstić information content (AvgIpc) is 2.62. The number of carbonyl (C=O) groups excluding carboxylic acids is 1. The molecule has 0 spiro atoms. The maximum absolute atomic E-state index is 13.3. The van der Waals surface area contributed by atoms with Gasteiger partial charge in [0.15, 0.2) is 6.04 Å². The van der Waals surface area contributed by atoms with Crippen LogP contribution in [0.25, 0.3) is 6.08 Å². The summed E-state index contributed by atoms with van der Waals surface area (Å²) >= 11 is 3.02. The number of carbonyl (C=O) groups is 2. The van der Waals surface area contributed by atoms with E-state index in [2.05, 4.69) is 15.9 Å². The third-order valence-corrected chi connectivity index (χ3v) is 4.47. The molecule has 30 heavy (non-hydrogen) atoms. The summed E-state index contributed by atoms with van der Waals surface area (Å²) in [6.07, 6.45) is -7.99. The van der Waals surface area contributed by atoms with Crippen molar-refractivity contribution in [3.05, 3.63) is 75.3 Å². The van der Waals surface area contributed by atoms with E-state index in [1.807, 2.05) is 0 Å². The van der Waals surface area contributed by atoms with Crippen molar-refractivity contribution in [3.63, 3.8) is 0 Å². The van der Waals surface area contributed by atoms with Crippen LogP contribution in [0.2, 0.25) is 0 Å². The number of nitrogens with one attached hydrogen (secondary N) is 1. The summed E-state index contributed by atoms with van der Waals surface area (Å²) in [5.41, 5.74) is -1.79. The van der Waals surface area contributed by atoms with E-state index in [4.69, 9.17) is 5.11 Å². The minimum absolute atomic E-state index is 0.0571. The SMILES string of the molecule is O=C(C=Cc1ccc(C(=O)O)c(Br)c1)NC(c1cccc(C(F)(F)F)c1)C(F)(F)F. The summed E-state index contributed by atoms with van der Waals surface area (Å²) < 4.78 is 78.6. The highest BCUT2D eigenvalue weighted by atomic mass is 79.9. The van der Waals surface area contributed by atoms with Crippen molar-refractivity contribution in [1.29, 1.82) is 0 Å². The lowest BCUT2D eigenvalue weighted by Gasteiger charge is -2.22. The number of carboxylic acids is 1. The van der Waals surface area contributed by atoms with E-state index in [0.717, 1.165) is 24.3 Å². The largest absolute Gasteiger partial charge is 0.478 e. The third kappa shape index (κ3) is 6.09. The number of alkyl halides is 6. The Balaban J connectivity index is 2.24. The highest BCUT2D eigenvalue weighted by Gasteiger charge is 2.42. The van der Waals surface area contributed by atoms with Gasteiger partial charge in [0.25, 0.3) is 0 Å². The fourth-order valence-electron chi connectivity index (χ4n) is 2.42. The molecule has 2 aromatic carbocycles. The quantitative estimate of drug-likeness (QED) is 0.419. The fraction of sp³-hybridized carbons (Fsp3) is 0.158. The van der Waals surface area contributed by atoms with Crippen LogP contribution in [0.15, 0.2) is 53.0 Å². The van der Waals surface area contributed by atoms with Crippen LogP contribution in [0.4, 0.5) is 26.3 Å². The number of hydrogen-bond donors (Lipinski definition) is 2. The molecular weight excluding hydrogens is 484 g/mol. The monoisotopic (exact) mass is 495 g/mol. The first kappa shape index (κ1) is 23.5. The lowest BCUT2D eigenvalue weighted by atomic mass is 10.0. The zero-order valence-electron chi connectivity index (χ0n) is 14.7. The topological polar surface area (TPSA) is 66.4 Å². The molecule has 0 bridgehead atoms. The molecule has 0 fully saturated rings. The molecule has 4 nitrogen and oxygen atoms in total. The van der Waals surface area contributed by atoms with Gasteiger partial charge in [-0.25, -0.2) is 4.79 Å². The van der Waals surface area contributed by atoms with Crippen molar-refractivity contribution in [2.75, 3.05) is 0 Å². The highest BCUT2D eigenvalue weighted by molar-refractivity contribution is 9.10. The smallest absolute Gasteiger partial charge is 0.416 e. The third-order valence-electron chi connectivity index (χ3n) is 3.81. The van der Waals surface area contributed by atoms with Crippen molar-refractivity contribution in [1.82, 2.24) is 5.32 Å². The maximum atomic E-state index is 13.3. The molecule has 1 unspecified atom stereocenters. The summed E-state index contributed by atoms with van der Waals surface area (Å²) in [6, 6.07) is 3.83. The van der Waals surface area contributed by atoms with Crippen LogP contribution >= 0.6 is 15.9 Å². The highest BCUT2D eigenvalue weighted by Crippen LogP contribution is 2.36. The fourth-order valence-corrected chi connectivity index (χ4v) is 2.99. The van der Waals surface area contributed by atoms with Gasteiger partial charge in [-0.2, -0.15) is 26.3 Å². The summed E-state index contributed by atoms with van der Waals surface area (Å²) in [5, 5.41) is 10.6. The Bertz CT molecular complexity index is 985. The minimum atomic E-state index is -5.04. The number of halogens is 7. The van der Waals surface area contributed by atoms with Gasteiger partial charge in [-0.05, 0) is 57.4 Å². The van der Waals surface area contributed by atoms with Crippen molar-refractivity contribution in [2.24, 2.45) is 0 Å². The summed E-state index contributed by atoms with van der Waals surface area (Å²) in [6.45, 7) is 0. The van der Waals surface area contributed by atoms with Crippen LogP contribution in [0.1, 0.15) is 33.1 Å². The second kappa shape index (κ2) is 8.90. The van der Waals surface area contributed by atoms with Gasteiger partial charge in [-0.3, -0.25) is 4.79 Å². The normalized spacial score (nSPS) is 13.3. The number of aromatic carboxylic acids is 1. The standard InChI is InChI=1S/C19H12BrF6NO3/c20-14-8-10(4-6-13(14)17(29)30)5-7-15(28)27-16(19(24,25)26)11-2-1-3-12(9-11)18(21,22)23/h1-9,16H,(H,27,28)(H,29,30). The lowest BCUT2D eigenvalue weighted by Crippen LogP contribution is -2.37. The first-order valence-electron chi connectivity index (χ1n) is 8.04. The second-order valence-electron chi connectivity index (χ2n) is 5.98. The van der Waals surface area contributed by atoms with Crippen LogP contribution in [-0.2, 0) is 11.0 Å². The molecule has 0 aliphatic rings. The molecule has 160 valence electrons. The minimum Gasteiger partial charge on any atom is -0.478 e. The van der Waals surface area contributed by atoms with Crippen LogP contribution < -0.4 is 5.32 Å². The van der Waals surface area contributed by atoms with E-state index in [9.17, 15) is 35.9 Å². The summed E-state index contributed by atoms with van der Waals surface area (Å²) in [4.78, 5) is 22.9. The molecule has 0 heterocycles. The van der Waals surface area contributed by atoms with E-state index in [0.29, 0.717) is 17.7 Å². The molecule has 0 aromatic heterocycles. The van der Waals surface area contributed by atoms with Gasteiger partial charge in [0.1, 0.15) is 0 Å². The number of hydrogen-bond acceptors (Lipinski definition) is 2. The Morgan fingerprint density at radius 1 is 1.03 bits per heavy atom. The summed E-state index contributed by atoms with van der Waals surface area (Å²) in [5.74, 6) is -2.41. The molecule has 2 rings (SSSR count). The van der Waals surface area contributed by atoms with Gasteiger partial charge in [0.05, 0.1) is 11.1 Å². The van der Waals surface area contributed by atoms with Gasteiger partial charge in [-0.1, -0.05) is 18.2 Å². The molecule has 1 atom stereocenters. The maximum Gasteiger partial charge on any atom is 0.416 e. The second-order valence-corrected chi connectivity index (χ2v) is 6.84. The number of rotatable bonds is 5. The first-order chi connectivity index (χ1) is 13.8. The van der Waals surface area contributed by atoms with E-state index in [1.165, 1.54) is 18.2 Å².